The number of nitrogens with two attached hydrogens (primary N) is 1. The molecule has 1 heterocycles. The van der Waals surface area contributed by atoms with Gasteiger partial charge in [0.1, 0.15) is 11.4 Å². The summed E-state index contributed by atoms with van der Waals surface area (Å²) in [7, 11) is 0. The Labute approximate surface area is 88.7 Å². The highest BCUT2D eigenvalue weighted by molar-refractivity contribution is 5.61. The maximum atomic E-state index is 8.78. The Balaban J connectivity index is 0.000000245. The van der Waals surface area contributed by atoms with Crippen LogP contribution < -0.4 is 5.73 Å². The van der Waals surface area contributed by atoms with Crippen molar-refractivity contribution in [3.8, 4) is 0 Å². The average molecular weight is 209 g/mol. The number of hydrogen-bond donors (Lipinski definition) is 2. The van der Waals surface area contributed by atoms with Gasteiger partial charge in [-0.05, 0) is 19.9 Å². The van der Waals surface area contributed by atoms with Crippen molar-refractivity contribution in [2.45, 2.75) is 25.9 Å². The molecule has 0 spiro atoms. The summed E-state index contributed by atoms with van der Waals surface area (Å²) in [5.74, 6) is 1.03. The molecule has 0 aromatic rings. The number of allylic oxidation sites excluding steroid dienone is 3. The van der Waals surface area contributed by atoms with Gasteiger partial charge in [0.25, 0.3) is 0 Å². The van der Waals surface area contributed by atoms with Gasteiger partial charge < -0.3 is 15.6 Å². The Hall–Kier alpha value is -1.71. The number of carboxylic acid groups (broad SMARTS) is 1. The maximum absolute atomic E-state index is 8.78. The fraction of sp³-hybridized carbons (Fsp3) is 0.364. The molecule has 15 heavy (non-hydrogen) atoms. The molecular weight excluding hydrogens is 194 g/mol. The number of primary amides is 1. The third kappa shape index (κ3) is 3.50. The second kappa shape index (κ2) is 4.21. The minimum atomic E-state index is -1.33. The lowest BCUT2D eigenvalue weighted by Gasteiger charge is -2.30. The van der Waals surface area contributed by atoms with Gasteiger partial charge in [0, 0.05) is 12.0 Å². The van der Waals surface area contributed by atoms with E-state index >= 15 is 0 Å². The van der Waals surface area contributed by atoms with Gasteiger partial charge in [-0.15, -0.1) is 0 Å². The molecule has 3 N–H and O–H groups in total. The molecule has 0 saturated heterocycles. The molecule has 2 aliphatic rings. The van der Waals surface area contributed by atoms with E-state index in [-0.39, 0.29) is 5.60 Å². The molecule has 0 aromatic carbocycles. The molecule has 1 aliphatic carbocycles. The van der Waals surface area contributed by atoms with Crippen molar-refractivity contribution < 1.29 is 14.6 Å². The smallest absolute Gasteiger partial charge is 0.402 e. The number of hydrogen-bond acceptors (Lipinski definition) is 2. The van der Waals surface area contributed by atoms with Gasteiger partial charge in [-0.25, -0.2) is 4.79 Å². The van der Waals surface area contributed by atoms with Crippen molar-refractivity contribution in [3.63, 3.8) is 0 Å². The zero-order valence-corrected chi connectivity index (χ0v) is 8.86. The van der Waals surface area contributed by atoms with E-state index < -0.39 is 6.09 Å². The largest absolute Gasteiger partial charge is 0.487 e. The van der Waals surface area contributed by atoms with Crippen molar-refractivity contribution >= 4 is 6.09 Å². The van der Waals surface area contributed by atoms with Crippen LogP contribution in [0.1, 0.15) is 20.3 Å². The molecule has 1 aliphatic heterocycles. The highest BCUT2D eigenvalue weighted by atomic mass is 16.5. The van der Waals surface area contributed by atoms with Crippen molar-refractivity contribution in [2.75, 3.05) is 0 Å². The lowest BCUT2D eigenvalue weighted by molar-refractivity contribution is 0.0362. The van der Waals surface area contributed by atoms with Crippen molar-refractivity contribution in [1.82, 2.24) is 0 Å². The Morgan fingerprint density at radius 3 is 2.80 bits per heavy atom. The van der Waals surface area contributed by atoms with E-state index in [2.05, 4.69) is 31.7 Å². The molecule has 0 saturated carbocycles. The maximum Gasteiger partial charge on any atom is 0.402 e. The number of ether oxygens (including phenoxy) is 1. The molecule has 4 nitrogen and oxygen atoms in total. The first kappa shape index (κ1) is 11.4. The number of fused-ring (bicyclic) bond motifs is 1. The predicted molar refractivity (Wildman–Crippen MR) is 57.3 cm³/mol. The molecule has 0 fully saturated rings. The predicted octanol–water partition coefficient (Wildman–Crippen LogP) is 2.19. The highest BCUT2D eigenvalue weighted by Crippen LogP contribution is 2.32. The molecule has 4 heteroatoms. The fourth-order valence-corrected chi connectivity index (χ4v) is 1.37. The van der Waals surface area contributed by atoms with Crippen LogP contribution in [-0.2, 0) is 4.74 Å². The molecule has 2 rings (SSSR count). The van der Waals surface area contributed by atoms with Crippen LogP contribution in [0.5, 0.6) is 0 Å². The van der Waals surface area contributed by atoms with Crippen molar-refractivity contribution in [1.29, 1.82) is 0 Å². The highest BCUT2D eigenvalue weighted by Gasteiger charge is 2.26. The monoisotopic (exact) mass is 209 g/mol. The van der Waals surface area contributed by atoms with Crippen LogP contribution in [0.25, 0.3) is 0 Å². The average Bonchev–Trinajstić information content (AvgIpc) is 2.47. The number of amides is 1. The lowest BCUT2D eigenvalue weighted by atomic mass is 9.99. The summed E-state index contributed by atoms with van der Waals surface area (Å²) in [6, 6.07) is 0. The van der Waals surface area contributed by atoms with E-state index in [1.165, 1.54) is 5.57 Å². The zero-order chi connectivity index (χ0) is 11.5. The number of carbonyl (C=O) groups is 1. The molecule has 1 amide bonds. The van der Waals surface area contributed by atoms with Gasteiger partial charge in [0.05, 0.1) is 0 Å². The van der Waals surface area contributed by atoms with E-state index in [0.29, 0.717) is 0 Å². The van der Waals surface area contributed by atoms with Gasteiger partial charge in [0.2, 0.25) is 0 Å². The van der Waals surface area contributed by atoms with E-state index in [4.69, 9.17) is 14.6 Å². The van der Waals surface area contributed by atoms with Gasteiger partial charge in [-0.3, -0.25) is 0 Å². The second-order valence-electron chi connectivity index (χ2n) is 3.95. The van der Waals surface area contributed by atoms with E-state index in [1.807, 2.05) is 12.2 Å². The molecule has 0 unspecified atom stereocenters. The normalized spacial score (nSPS) is 20.1. The first-order valence-corrected chi connectivity index (χ1v) is 4.67. The summed E-state index contributed by atoms with van der Waals surface area (Å²) in [6.45, 7) is 4.22. The van der Waals surface area contributed by atoms with Crippen LogP contribution in [-0.4, -0.2) is 16.8 Å². The molecule has 0 bridgehead atoms. The molecule has 82 valence electrons. The Morgan fingerprint density at radius 1 is 1.60 bits per heavy atom. The number of rotatable bonds is 0. The fourth-order valence-electron chi connectivity index (χ4n) is 1.37. The van der Waals surface area contributed by atoms with Gasteiger partial charge in [0.15, 0.2) is 0 Å². The summed E-state index contributed by atoms with van der Waals surface area (Å²) >= 11 is 0. The Morgan fingerprint density at radius 2 is 2.20 bits per heavy atom. The van der Waals surface area contributed by atoms with Crippen LogP contribution in [0, 0.1) is 0 Å². The standard InChI is InChI=1S/C10H12O.CH3NO2/c1-10(2)7-6-8-4-3-5-9(8)11-10;2-1(3)4/h3-6H,7H2,1-2H3;2H2,(H,3,4). The minimum Gasteiger partial charge on any atom is -0.487 e. The third-order valence-corrected chi connectivity index (χ3v) is 2.01. The Bertz CT molecular complexity index is 347. The summed E-state index contributed by atoms with van der Waals surface area (Å²) < 4.78 is 5.73. The van der Waals surface area contributed by atoms with Crippen molar-refractivity contribution in [2.24, 2.45) is 5.73 Å². The molecule has 0 aromatic heterocycles. The topological polar surface area (TPSA) is 72.5 Å². The van der Waals surface area contributed by atoms with Crippen LogP contribution in [0.4, 0.5) is 4.79 Å². The second-order valence-corrected chi connectivity index (χ2v) is 3.95. The SMILES string of the molecule is CC1(C)CC=C2C=CC=C2O1.NC(=O)O. The molecular formula is C11H15NO3. The van der Waals surface area contributed by atoms with Crippen LogP contribution in [0.15, 0.2) is 35.6 Å². The molecule has 0 atom stereocenters. The summed E-state index contributed by atoms with van der Waals surface area (Å²) in [4.78, 5) is 8.78. The van der Waals surface area contributed by atoms with Gasteiger partial charge in [-0.2, -0.15) is 0 Å². The van der Waals surface area contributed by atoms with Crippen LogP contribution in [0.3, 0.4) is 0 Å². The van der Waals surface area contributed by atoms with Gasteiger partial charge in [-0.1, -0.05) is 18.2 Å². The minimum absolute atomic E-state index is 0.0125. The van der Waals surface area contributed by atoms with E-state index in [0.717, 1.165) is 12.2 Å². The van der Waals surface area contributed by atoms with Gasteiger partial charge >= 0.3 is 6.09 Å². The summed E-state index contributed by atoms with van der Waals surface area (Å²) in [5, 5.41) is 7.19. The third-order valence-electron chi connectivity index (χ3n) is 2.01. The lowest BCUT2D eigenvalue weighted by Crippen LogP contribution is -2.26. The quantitative estimate of drug-likeness (QED) is 0.642. The Kier molecular flexibility index (Phi) is 3.19. The van der Waals surface area contributed by atoms with Crippen LogP contribution >= 0.6 is 0 Å². The van der Waals surface area contributed by atoms with E-state index in [1.54, 1.807) is 0 Å². The first-order valence-electron chi connectivity index (χ1n) is 4.67. The summed E-state index contributed by atoms with van der Waals surface area (Å²) in [5.41, 5.74) is 5.26. The zero-order valence-electron chi connectivity index (χ0n) is 8.86. The van der Waals surface area contributed by atoms with E-state index in [9.17, 15) is 0 Å². The molecule has 0 radical (unpaired) electrons. The van der Waals surface area contributed by atoms with Crippen molar-refractivity contribution in [3.05, 3.63) is 35.6 Å². The first-order chi connectivity index (χ1) is 6.91. The van der Waals surface area contributed by atoms with Crippen LogP contribution in [0.2, 0.25) is 0 Å². The summed E-state index contributed by atoms with van der Waals surface area (Å²) in [6.07, 6.45) is 8.04.